The average molecular weight is 213 g/mol. The molecule has 0 spiro atoms. The van der Waals surface area contributed by atoms with Gasteiger partial charge in [-0.2, -0.15) is 0 Å². The molecule has 1 aliphatic rings. The first kappa shape index (κ1) is 9.58. The van der Waals surface area contributed by atoms with Crippen molar-refractivity contribution in [3.8, 4) is 11.4 Å². The molecule has 0 saturated heterocycles. The van der Waals surface area contributed by atoms with Gasteiger partial charge in [-0.05, 0) is 12.8 Å². The third kappa shape index (κ3) is 1.73. The number of aromatic nitrogens is 3. The highest BCUT2D eigenvalue weighted by molar-refractivity contribution is 5.53. The Morgan fingerprint density at radius 2 is 1.75 bits per heavy atom. The molecule has 0 atom stereocenters. The molecule has 1 N–H and O–H groups in total. The van der Waals surface area contributed by atoms with E-state index in [-0.39, 0.29) is 0 Å². The third-order valence-corrected chi connectivity index (χ3v) is 3.29. The van der Waals surface area contributed by atoms with Crippen LogP contribution < -0.4 is 0 Å². The lowest BCUT2D eigenvalue weighted by atomic mass is 10.1. The highest BCUT2D eigenvalue weighted by Crippen LogP contribution is 2.32. The van der Waals surface area contributed by atoms with E-state index in [1.54, 1.807) is 0 Å². The van der Waals surface area contributed by atoms with Crippen LogP contribution in [0.3, 0.4) is 0 Å². The number of H-pyrrole nitrogens is 1. The molecule has 1 aromatic carbocycles. The normalized spacial score (nSPS) is 16.8. The molecule has 1 fully saturated rings. The van der Waals surface area contributed by atoms with E-state index >= 15 is 0 Å². The summed E-state index contributed by atoms with van der Waals surface area (Å²) >= 11 is 0. The first-order chi connectivity index (χ1) is 7.93. The van der Waals surface area contributed by atoms with Crippen LogP contribution in [-0.2, 0) is 0 Å². The van der Waals surface area contributed by atoms with Gasteiger partial charge in [0.25, 0.3) is 0 Å². The molecule has 0 bridgehead atoms. The summed E-state index contributed by atoms with van der Waals surface area (Å²) in [7, 11) is 0. The lowest BCUT2D eigenvalue weighted by Gasteiger charge is -2.02. The van der Waals surface area contributed by atoms with Crippen LogP contribution in [0.1, 0.15) is 37.4 Å². The van der Waals surface area contributed by atoms with E-state index < -0.39 is 0 Å². The summed E-state index contributed by atoms with van der Waals surface area (Å²) < 4.78 is 0. The van der Waals surface area contributed by atoms with Gasteiger partial charge in [-0.15, -0.1) is 10.2 Å². The van der Waals surface area contributed by atoms with Crippen molar-refractivity contribution in [3.05, 3.63) is 36.2 Å². The Bertz CT molecular complexity index is 455. The Labute approximate surface area is 94.9 Å². The fourth-order valence-electron chi connectivity index (χ4n) is 2.38. The third-order valence-electron chi connectivity index (χ3n) is 3.29. The summed E-state index contributed by atoms with van der Waals surface area (Å²) in [5.41, 5.74) is 1.11. The van der Waals surface area contributed by atoms with E-state index in [0.717, 1.165) is 17.2 Å². The van der Waals surface area contributed by atoms with Crippen LogP contribution >= 0.6 is 0 Å². The van der Waals surface area contributed by atoms with Crippen molar-refractivity contribution in [1.29, 1.82) is 0 Å². The number of rotatable bonds is 2. The Kier molecular flexibility index (Phi) is 2.44. The fourth-order valence-corrected chi connectivity index (χ4v) is 2.38. The number of hydrogen-bond acceptors (Lipinski definition) is 2. The molecular weight excluding hydrogens is 198 g/mol. The molecule has 1 aliphatic carbocycles. The van der Waals surface area contributed by atoms with Crippen LogP contribution in [0.4, 0.5) is 0 Å². The molecule has 0 aliphatic heterocycles. The lowest BCUT2D eigenvalue weighted by molar-refractivity contribution is 0.672. The van der Waals surface area contributed by atoms with Crippen molar-refractivity contribution < 1.29 is 0 Å². The van der Waals surface area contributed by atoms with Gasteiger partial charge >= 0.3 is 0 Å². The van der Waals surface area contributed by atoms with Crippen molar-refractivity contribution >= 4 is 0 Å². The van der Waals surface area contributed by atoms with Crippen molar-refractivity contribution in [1.82, 2.24) is 15.2 Å². The largest absolute Gasteiger partial charge is 0.325 e. The summed E-state index contributed by atoms with van der Waals surface area (Å²) in [6.07, 6.45) is 5.16. The van der Waals surface area contributed by atoms with Gasteiger partial charge in [0.05, 0.1) is 0 Å². The van der Waals surface area contributed by atoms with Crippen LogP contribution in [-0.4, -0.2) is 15.2 Å². The van der Waals surface area contributed by atoms with E-state index in [2.05, 4.69) is 27.3 Å². The minimum Gasteiger partial charge on any atom is -0.325 e. The maximum absolute atomic E-state index is 4.27. The Hall–Kier alpha value is -1.64. The predicted molar refractivity (Wildman–Crippen MR) is 63.0 cm³/mol. The number of nitrogens with one attached hydrogen (secondary N) is 1. The maximum Gasteiger partial charge on any atom is 0.161 e. The Morgan fingerprint density at radius 3 is 2.50 bits per heavy atom. The molecule has 0 radical (unpaired) electrons. The second-order valence-electron chi connectivity index (χ2n) is 4.41. The van der Waals surface area contributed by atoms with Gasteiger partial charge in [0.15, 0.2) is 5.82 Å². The van der Waals surface area contributed by atoms with Crippen molar-refractivity contribution in [3.63, 3.8) is 0 Å². The second-order valence-corrected chi connectivity index (χ2v) is 4.41. The summed E-state index contributed by atoms with van der Waals surface area (Å²) in [6.45, 7) is 0. The molecule has 1 saturated carbocycles. The second kappa shape index (κ2) is 4.08. The number of nitrogens with zero attached hydrogens (tertiary/aromatic N) is 2. The molecule has 3 heteroatoms. The number of benzene rings is 1. The molecule has 16 heavy (non-hydrogen) atoms. The van der Waals surface area contributed by atoms with E-state index in [9.17, 15) is 0 Å². The molecule has 0 amide bonds. The van der Waals surface area contributed by atoms with E-state index in [1.807, 2.05) is 18.2 Å². The SMILES string of the molecule is c1ccc(-c2nnc(C3CCCC3)[nH]2)cc1. The first-order valence-corrected chi connectivity index (χ1v) is 5.91. The van der Waals surface area contributed by atoms with Crippen LogP contribution in [0, 0.1) is 0 Å². The summed E-state index contributed by atoms with van der Waals surface area (Å²) in [5.74, 6) is 2.56. The van der Waals surface area contributed by atoms with E-state index in [4.69, 9.17) is 0 Å². The molecule has 3 rings (SSSR count). The van der Waals surface area contributed by atoms with Crippen LogP contribution in [0.25, 0.3) is 11.4 Å². The molecule has 2 aromatic rings. The van der Waals surface area contributed by atoms with Crippen molar-refractivity contribution in [2.24, 2.45) is 0 Å². The first-order valence-electron chi connectivity index (χ1n) is 5.91. The smallest absolute Gasteiger partial charge is 0.161 e. The highest BCUT2D eigenvalue weighted by atomic mass is 15.2. The minimum absolute atomic E-state index is 0.602. The van der Waals surface area contributed by atoms with E-state index in [1.165, 1.54) is 25.7 Å². The number of hydrogen-bond donors (Lipinski definition) is 1. The monoisotopic (exact) mass is 213 g/mol. The molecule has 1 aromatic heterocycles. The van der Waals surface area contributed by atoms with Gasteiger partial charge in [0.1, 0.15) is 5.82 Å². The van der Waals surface area contributed by atoms with Gasteiger partial charge in [-0.3, -0.25) is 0 Å². The lowest BCUT2D eigenvalue weighted by Crippen LogP contribution is -1.94. The topological polar surface area (TPSA) is 41.6 Å². The zero-order chi connectivity index (χ0) is 10.8. The van der Waals surface area contributed by atoms with Crippen LogP contribution in [0.15, 0.2) is 30.3 Å². The Balaban J connectivity index is 1.87. The highest BCUT2D eigenvalue weighted by Gasteiger charge is 2.20. The molecule has 1 heterocycles. The summed E-state index contributed by atoms with van der Waals surface area (Å²) in [4.78, 5) is 3.35. The summed E-state index contributed by atoms with van der Waals surface area (Å²) in [5, 5.41) is 8.49. The predicted octanol–water partition coefficient (Wildman–Crippen LogP) is 3.13. The van der Waals surface area contributed by atoms with Gasteiger partial charge in [0.2, 0.25) is 0 Å². The number of aromatic amines is 1. The van der Waals surface area contributed by atoms with Gasteiger partial charge in [0, 0.05) is 11.5 Å². The average Bonchev–Trinajstić information content (AvgIpc) is 3.01. The molecule has 0 unspecified atom stereocenters. The van der Waals surface area contributed by atoms with Gasteiger partial charge in [-0.25, -0.2) is 0 Å². The molecule has 82 valence electrons. The Morgan fingerprint density at radius 1 is 1.00 bits per heavy atom. The van der Waals surface area contributed by atoms with Crippen LogP contribution in [0.2, 0.25) is 0 Å². The van der Waals surface area contributed by atoms with Crippen molar-refractivity contribution in [2.45, 2.75) is 31.6 Å². The molecular formula is C13H15N3. The zero-order valence-electron chi connectivity index (χ0n) is 9.19. The van der Waals surface area contributed by atoms with Crippen LogP contribution in [0.5, 0.6) is 0 Å². The van der Waals surface area contributed by atoms with Gasteiger partial charge in [-0.1, -0.05) is 43.2 Å². The minimum atomic E-state index is 0.602. The molecule has 3 nitrogen and oxygen atoms in total. The summed E-state index contributed by atoms with van der Waals surface area (Å²) in [6, 6.07) is 10.2. The maximum atomic E-state index is 4.27. The standard InChI is InChI=1S/C13H15N3/c1-2-6-10(7-3-1)12-14-13(16-15-12)11-8-4-5-9-11/h1-3,6-7,11H,4-5,8-9H2,(H,14,15,16). The zero-order valence-corrected chi connectivity index (χ0v) is 9.19. The van der Waals surface area contributed by atoms with Crippen molar-refractivity contribution in [2.75, 3.05) is 0 Å². The van der Waals surface area contributed by atoms with E-state index in [0.29, 0.717) is 5.92 Å². The van der Waals surface area contributed by atoms with Gasteiger partial charge < -0.3 is 4.98 Å². The fraction of sp³-hybridized carbons (Fsp3) is 0.385. The quantitative estimate of drug-likeness (QED) is 0.832.